The maximum atomic E-state index is 11.8. The summed E-state index contributed by atoms with van der Waals surface area (Å²) < 4.78 is 4.95. The van der Waals surface area contributed by atoms with Crippen molar-refractivity contribution in [3.05, 3.63) is 120 Å². The van der Waals surface area contributed by atoms with Gasteiger partial charge in [0.1, 0.15) is 6.61 Å². The Labute approximate surface area is 170 Å². The predicted octanol–water partition coefficient (Wildman–Crippen LogP) is 5.06. The Hall–Kier alpha value is -3.79. The first-order valence-electron chi connectivity index (χ1n) is 9.04. The minimum atomic E-state index is -0.466. The summed E-state index contributed by atoms with van der Waals surface area (Å²) >= 11 is 0. The number of carbonyl (C=O) groups excluding carboxylic acids is 3. The maximum absolute atomic E-state index is 11.8. The molecule has 0 radical (unpaired) electrons. The van der Waals surface area contributed by atoms with Crippen molar-refractivity contribution >= 4 is 17.5 Å². The van der Waals surface area contributed by atoms with Gasteiger partial charge in [0.2, 0.25) is 11.6 Å². The monoisotopic (exact) mass is 386 g/mol. The van der Waals surface area contributed by atoms with Crippen LogP contribution in [0, 0.1) is 0 Å². The summed E-state index contributed by atoms with van der Waals surface area (Å²) in [7, 11) is 0. The molecule has 0 N–H and O–H groups in total. The molecule has 3 aromatic carbocycles. The third kappa shape index (κ3) is 7.03. The van der Waals surface area contributed by atoms with Crippen LogP contribution in [0.3, 0.4) is 0 Å². The van der Waals surface area contributed by atoms with E-state index in [1.54, 1.807) is 55.5 Å². The van der Waals surface area contributed by atoms with Gasteiger partial charge in [-0.3, -0.25) is 9.59 Å². The molecule has 4 nitrogen and oxygen atoms in total. The molecule has 0 unspecified atom stereocenters. The van der Waals surface area contributed by atoms with E-state index >= 15 is 0 Å². The molecule has 0 aliphatic carbocycles. The van der Waals surface area contributed by atoms with Crippen molar-refractivity contribution in [3.63, 3.8) is 0 Å². The second-order valence-corrected chi connectivity index (χ2v) is 6.23. The molecule has 4 heteroatoms. The van der Waals surface area contributed by atoms with Gasteiger partial charge in [-0.1, -0.05) is 97.6 Å². The van der Waals surface area contributed by atoms with Crippen molar-refractivity contribution < 1.29 is 19.1 Å². The molecule has 0 spiro atoms. The highest BCUT2D eigenvalue weighted by molar-refractivity contribution is 6.49. The molecule has 29 heavy (non-hydrogen) atoms. The van der Waals surface area contributed by atoms with Gasteiger partial charge in [-0.15, -0.1) is 0 Å². The van der Waals surface area contributed by atoms with E-state index in [4.69, 9.17) is 4.74 Å². The highest BCUT2D eigenvalue weighted by atomic mass is 16.5. The lowest BCUT2D eigenvalue weighted by Crippen LogP contribution is -2.14. The van der Waals surface area contributed by atoms with Crippen LogP contribution in [-0.2, 0) is 16.1 Å². The molecule has 3 aromatic rings. The zero-order valence-electron chi connectivity index (χ0n) is 16.2. The van der Waals surface area contributed by atoms with Gasteiger partial charge in [0.25, 0.3) is 0 Å². The molecule has 0 saturated carbocycles. The minimum Gasteiger partial charge on any atom is -0.457 e. The van der Waals surface area contributed by atoms with Gasteiger partial charge in [0.05, 0.1) is 0 Å². The van der Waals surface area contributed by atoms with E-state index in [0.29, 0.717) is 23.3 Å². The van der Waals surface area contributed by atoms with Gasteiger partial charge in [0.15, 0.2) is 0 Å². The normalized spacial score (nSPS) is 9.55. The van der Waals surface area contributed by atoms with Gasteiger partial charge >= 0.3 is 5.97 Å². The van der Waals surface area contributed by atoms with Gasteiger partial charge < -0.3 is 4.74 Å². The Bertz CT molecular complexity index is 912. The van der Waals surface area contributed by atoms with Crippen LogP contribution >= 0.6 is 0 Å². The van der Waals surface area contributed by atoms with E-state index in [1.807, 2.05) is 42.5 Å². The maximum Gasteiger partial charge on any atom is 0.333 e. The summed E-state index contributed by atoms with van der Waals surface area (Å²) in [6, 6.07) is 26.7. The average molecular weight is 386 g/mol. The molecular formula is C25H22O4. The lowest BCUT2D eigenvalue weighted by atomic mass is 10.0. The number of rotatable bonds is 6. The summed E-state index contributed by atoms with van der Waals surface area (Å²) in [6.45, 7) is 5.44. The van der Waals surface area contributed by atoms with Crippen LogP contribution in [0.2, 0.25) is 0 Å². The van der Waals surface area contributed by atoms with Crippen LogP contribution in [0.15, 0.2) is 103 Å². The van der Waals surface area contributed by atoms with Crippen LogP contribution in [-0.4, -0.2) is 17.5 Å². The van der Waals surface area contributed by atoms with Crippen LogP contribution in [0.4, 0.5) is 0 Å². The molecule has 0 aliphatic heterocycles. The third-order valence-corrected chi connectivity index (χ3v) is 3.84. The second kappa shape index (κ2) is 11.1. The van der Waals surface area contributed by atoms with E-state index < -0.39 is 11.6 Å². The van der Waals surface area contributed by atoms with E-state index in [2.05, 4.69) is 6.58 Å². The number of hydrogen-bond acceptors (Lipinski definition) is 4. The number of ketones is 2. The first kappa shape index (κ1) is 21.5. The lowest BCUT2D eigenvalue weighted by molar-refractivity contribution is -0.140. The highest BCUT2D eigenvalue weighted by Crippen LogP contribution is 2.07. The minimum absolute atomic E-state index is 0.312. The number of Topliss-reactive ketones (excluding diaryl/α,β-unsaturated/α-hetero) is 2. The topological polar surface area (TPSA) is 60.4 Å². The summed E-state index contributed by atoms with van der Waals surface area (Å²) in [5, 5.41) is 0. The molecule has 0 saturated heterocycles. The Morgan fingerprint density at radius 3 is 1.45 bits per heavy atom. The van der Waals surface area contributed by atoms with Gasteiger partial charge in [-0.05, 0) is 12.5 Å². The molecule has 0 aromatic heterocycles. The highest BCUT2D eigenvalue weighted by Gasteiger charge is 2.17. The van der Waals surface area contributed by atoms with Crippen molar-refractivity contribution in [2.45, 2.75) is 13.5 Å². The Balaban J connectivity index is 0.000000212. The number of ether oxygens (including phenoxy) is 1. The third-order valence-electron chi connectivity index (χ3n) is 3.84. The van der Waals surface area contributed by atoms with Crippen LogP contribution < -0.4 is 0 Å². The fourth-order valence-corrected chi connectivity index (χ4v) is 2.29. The fraction of sp³-hybridized carbons (Fsp3) is 0.0800. The van der Waals surface area contributed by atoms with Crippen molar-refractivity contribution in [2.24, 2.45) is 0 Å². The quantitative estimate of drug-likeness (QED) is 0.257. The average Bonchev–Trinajstić information content (AvgIpc) is 2.78. The van der Waals surface area contributed by atoms with Crippen LogP contribution in [0.1, 0.15) is 33.2 Å². The Morgan fingerprint density at radius 2 is 1.07 bits per heavy atom. The Morgan fingerprint density at radius 1 is 0.690 bits per heavy atom. The Kier molecular flexibility index (Phi) is 8.27. The van der Waals surface area contributed by atoms with Gasteiger partial charge in [-0.2, -0.15) is 0 Å². The zero-order chi connectivity index (χ0) is 21.1. The smallest absolute Gasteiger partial charge is 0.333 e. The van der Waals surface area contributed by atoms with Gasteiger partial charge in [-0.25, -0.2) is 4.79 Å². The van der Waals surface area contributed by atoms with Crippen molar-refractivity contribution in [1.29, 1.82) is 0 Å². The fourth-order valence-electron chi connectivity index (χ4n) is 2.29. The standard InChI is InChI=1S/C14H10O2.C11H12O2/c15-13(11-7-3-1-4-8-11)14(16)12-9-5-2-6-10-12;1-9(2)11(12)13-8-10-6-4-3-5-7-10/h1-10H;3-7H,1,8H2,2H3. The van der Waals surface area contributed by atoms with E-state index in [9.17, 15) is 14.4 Å². The molecule has 0 amide bonds. The van der Waals surface area contributed by atoms with Crippen molar-refractivity contribution in [3.8, 4) is 0 Å². The largest absolute Gasteiger partial charge is 0.457 e. The summed E-state index contributed by atoms with van der Waals surface area (Å²) in [5.74, 6) is -1.28. The summed E-state index contributed by atoms with van der Waals surface area (Å²) in [6.07, 6.45) is 0. The summed E-state index contributed by atoms with van der Waals surface area (Å²) in [5.41, 5.74) is 2.26. The van der Waals surface area contributed by atoms with Crippen molar-refractivity contribution in [2.75, 3.05) is 0 Å². The first-order valence-corrected chi connectivity index (χ1v) is 9.04. The van der Waals surface area contributed by atoms with E-state index in [-0.39, 0.29) is 5.97 Å². The molecular weight excluding hydrogens is 364 g/mol. The van der Waals surface area contributed by atoms with Crippen LogP contribution in [0.5, 0.6) is 0 Å². The molecule has 0 fully saturated rings. The second-order valence-electron chi connectivity index (χ2n) is 6.23. The molecule has 146 valence electrons. The molecule has 0 heterocycles. The SMILES string of the molecule is C=C(C)C(=O)OCc1ccccc1.O=C(C(=O)c1ccccc1)c1ccccc1. The van der Waals surface area contributed by atoms with Gasteiger partial charge in [0, 0.05) is 16.7 Å². The number of hydrogen-bond donors (Lipinski definition) is 0. The number of esters is 1. The lowest BCUT2D eigenvalue weighted by Gasteiger charge is -2.03. The molecule has 3 rings (SSSR count). The molecule has 0 bridgehead atoms. The number of benzene rings is 3. The van der Waals surface area contributed by atoms with E-state index in [1.165, 1.54) is 0 Å². The predicted molar refractivity (Wildman–Crippen MR) is 113 cm³/mol. The van der Waals surface area contributed by atoms with Crippen molar-refractivity contribution in [1.82, 2.24) is 0 Å². The number of carbonyl (C=O) groups is 3. The first-order chi connectivity index (χ1) is 14.0. The van der Waals surface area contributed by atoms with E-state index in [0.717, 1.165) is 5.56 Å². The van der Waals surface area contributed by atoms with Crippen LogP contribution in [0.25, 0.3) is 0 Å². The molecule has 0 aliphatic rings. The molecule has 0 atom stereocenters. The summed E-state index contributed by atoms with van der Waals surface area (Å²) in [4.78, 5) is 34.6. The zero-order valence-corrected chi connectivity index (χ0v) is 16.2.